The average Bonchev–Trinajstić information content (AvgIpc) is 3.28. The molecule has 0 nitrogen and oxygen atoms in total. The predicted octanol–water partition coefficient (Wildman–Crippen LogP) is 7.74. The van der Waals surface area contributed by atoms with Gasteiger partial charge in [0.2, 0.25) is 0 Å². The summed E-state index contributed by atoms with van der Waals surface area (Å²) in [5, 5.41) is 8.37. The van der Waals surface area contributed by atoms with E-state index < -0.39 is 20.8 Å². The first-order valence-corrected chi connectivity index (χ1v) is 17.0. The molecule has 0 heterocycles. The van der Waals surface area contributed by atoms with E-state index in [2.05, 4.69) is 111 Å². The molecule has 1 unspecified atom stereocenters. The van der Waals surface area contributed by atoms with Crippen LogP contribution in [0.25, 0.3) is 21.5 Å². The Balaban J connectivity index is 0.000000167. The van der Waals surface area contributed by atoms with Gasteiger partial charge in [-0.2, -0.15) is 6.07 Å². The van der Waals surface area contributed by atoms with Crippen LogP contribution in [-0.2, 0) is 20.8 Å². The molecule has 0 fully saturated rings. The number of rotatable bonds is 2. The van der Waals surface area contributed by atoms with E-state index in [1.807, 2.05) is 0 Å². The zero-order chi connectivity index (χ0) is 21.3. The Bertz CT molecular complexity index is 1160. The van der Waals surface area contributed by atoms with Crippen molar-refractivity contribution in [3.8, 4) is 0 Å². The van der Waals surface area contributed by atoms with Crippen molar-refractivity contribution in [2.75, 3.05) is 0 Å². The van der Waals surface area contributed by atoms with E-state index in [0.717, 1.165) is 8.58 Å². The molecule has 5 rings (SSSR count). The Hall–Kier alpha value is -1.23. The molecule has 0 spiro atoms. The van der Waals surface area contributed by atoms with E-state index >= 15 is 0 Å². The summed E-state index contributed by atoms with van der Waals surface area (Å²) in [7, 11) is 10.6. The second-order valence-electron chi connectivity index (χ2n) is 7.01. The minimum absolute atomic E-state index is 0.754. The third-order valence-corrected chi connectivity index (χ3v) is 6.34. The maximum atomic E-state index is 4.93. The fourth-order valence-electron chi connectivity index (χ4n) is 3.51. The summed E-state index contributed by atoms with van der Waals surface area (Å²) in [6, 6.07) is 34.5. The van der Waals surface area contributed by atoms with Gasteiger partial charge in [-0.3, -0.25) is 0 Å². The van der Waals surface area contributed by atoms with Gasteiger partial charge in [0.05, 0.1) is 0 Å². The molecule has 150 valence electrons. The van der Waals surface area contributed by atoms with Crippen LogP contribution in [0.3, 0.4) is 0 Å². The number of hydrogen-bond donors (Lipinski definition) is 0. The molecule has 0 radical (unpaired) electrons. The molecule has 5 aromatic rings. The van der Waals surface area contributed by atoms with Gasteiger partial charge in [-0.1, -0.05) is 56.3 Å². The van der Waals surface area contributed by atoms with E-state index in [0.29, 0.717) is 0 Å². The molecule has 0 aliphatic rings. The first kappa shape index (κ1) is 23.4. The molecule has 0 aromatic heterocycles. The van der Waals surface area contributed by atoms with E-state index in [-0.39, 0.29) is 0 Å². The van der Waals surface area contributed by atoms with Crippen LogP contribution >= 0.6 is 25.6 Å². The molecule has 0 N–H and O–H groups in total. The summed E-state index contributed by atoms with van der Waals surface area (Å²) in [6.07, 6.45) is 0. The van der Waals surface area contributed by atoms with Gasteiger partial charge >= 0.3 is 37.9 Å². The number of hydrogen-bond acceptors (Lipinski definition) is 0. The summed E-state index contributed by atoms with van der Waals surface area (Å²) in [5.41, 5.74) is 2.76. The third-order valence-electron chi connectivity index (χ3n) is 4.80. The third kappa shape index (κ3) is 6.39. The van der Waals surface area contributed by atoms with Crippen LogP contribution in [0.5, 0.6) is 0 Å². The van der Waals surface area contributed by atoms with Crippen molar-refractivity contribution in [3.63, 3.8) is 0 Å². The Morgan fingerprint density at radius 2 is 1.33 bits per heavy atom. The zero-order valence-corrected chi connectivity index (χ0v) is 22.0. The Kier molecular flexibility index (Phi) is 9.36. The van der Waals surface area contributed by atoms with Crippen molar-refractivity contribution in [1.82, 2.24) is 0 Å². The molecule has 0 saturated heterocycles. The minimum atomic E-state index is -0.826. The van der Waals surface area contributed by atoms with Gasteiger partial charge in [0.25, 0.3) is 0 Å². The van der Waals surface area contributed by atoms with E-state index in [1.165, 1.54) is 43.3 Å². The van der Waals surface area contributed by atoms with Crippen molar-refractivity contribution >= 4 is 57.8 Å². The maximum absolute atomic E-state index is 4.93. The number of benzene rings is 3. The normalized spacial score (nSPS) is 10.4. The molecular formula is C26H23Cl2PZr. The van der Waals surface area contributed by atoms with E-state index in [1.54, 1.807) is 0 Å². The van der Waals surface area contributed by atoms with Crippen LogP contribution in [0.1, 0.15) is 11.1 Å². The number of fused-ring (bicyclic) bond motifs is 2. The van der Waals surface area contributed by atoms with Crippen molar-refractivity contribution in [3.05, 3.63) is 108 Å². The van der Waals surface area contributed by atoms with Crippen LogP contribution in [-0.4, -0.2) is 0 Å². The van der Waals surface area contributed by atoms with Crippen molar-refractivity contribution in [2.24, 2.45) is 0 Å². The number of halogens is 2. The van der Waals surface area contributed by atoms with E-state index in [4.69, 9.17) is 17.0 Å². The molecule has 30 heavy (non-hydrogen) atoms. The molecule has 0 aliphatic carbocycles. The quantitative estimate of drug-likeness (QED) is 0.162. The SMILES string of the molecule is Cc1[cH-]c2ccccc2c1Pc1ccccc1.Cc1cc2ccccc2[cH-]1.[Cl][Zr+2][Cl]. The first-order chi connectivity index (χ1) is 14.6. The predicted molar refractivity (Wildman–Crippen MR) is 134 cm³/mol. The van der Waals surface area contributed by atoms with Crippen LogP contribution in [0, 0.1) is 13.8 Å². The molecule has 4 heteroatoms. The van der Waals surface area contributed by atoms with Gasteiger partial charge in [0.1, 0.15) is 0 Å². The van der Waals surface area contributed by atoms with Gasteiger partial charge in [0, 0.05) is 0 Å². The molecule has 0 aliphatic heterocycles. The second kappa shape index (κ2) is 12.0. The molecule has 0 saturated carbocycles. The molecule has 0 bridgehead atoms. The topological polar surface area (TPSA) is 0 Å². The summed E-state index contributed by atoms with van der Waals surface area (Å²) >= 11 is -0.826. The molecule has 0 amide bonds. The van der Waals surface area contributed by atoms with Gasteiger partial charge in [-0.15, -0.1) is 95.1 Å². The van der Waals surface area contributed by atoms with E-state index in [9.17, 15) is 0 Å². The molecule has 5 aromatic carbocycles. The van der Waals surface area contributed by atoms with Gasteiger partial charge in [0.15, 0.2) is 0 Å². The van der Waals surface area contributed by atoms with Gasteiger partial charge in [-0.25, -0.2) is 0 Å². The fourth-order valence-corrected chi connectivity index (χ4v) is 4.79. The van der Waals surface area contributed by atoms with Gasteiger partial charge < -0.3 is 0 Å². The fraction of sp³-hybridized carbons (Fsp3) is 0.0769. The van der Waals surface area contributed by atoms with Gasteiger partial charge in [-0.05, 0) is 5.30 Å². The van der Waals surface area contributed by atoms with Crippen LogP contribution in [0.4, 0.5) is 0 Å². The Labute approximate surface area is 199 Å². The van der Waals surface area contributed by atoms with Crippen molar-refractivity contribution < 1.29 is 20.8 Å². The first-order valence-electron chi connectivity index (χ1n) is 9.68. The van der Waals surface area contributed by atoms with Crippen LogP contribution < -0.4 is 10.6 Å². The van der Waals surface area contributed by atoms with Crippen molar-refractivity contribution in [1.29, 1.82) is 0 Å². The second-order valence-corrected chi connectivity index (χ2v) is 12.1. The van der Waals surface area contributed by atoms with Crippen LogP contribution in [0.2, 0.25) is 0 Å². The molecular weight excluding hydrogens is 505 g/mol. The Morgan fingerprint density at radius 3 is 2.03 bits per heavy atom. The summed E-state index contributed by atoms with van der Waals surface area (Å²) in [6.45, 7) is 4.34. The zero-order valence-electron chi connectivity index (χ0n) is 17.0. The Morgan fingerprint density at radius 1 is 0.733 bits per heavy atom. The number of aryl methyl sites for hydroxylation is 2. The standard InChI is InChI=1S/C16H14P.C10H9.2ClH.Zr/c1-12-11-13-7-5-6-10-15(13)16(12)17-14-8-3-2-4-9-14;1-8-6-9-4-2-3-5-10(9)7-8;;;/h2-11,17H,1H3;2-7H,1H3;2*1H;/q2*-1;;;+4/p-2. The van der Waals surface area contributed by atoms with Crippen LogP contribution in [0.15, 0.2) is 97.1 Å². The van der Waals surface area contributed by atoms with Crippen molar-refractivity contribution in [2.45, 2.75) is 13.8 Å². The monoisotopic (exact) mass is 526 g/mol. The summed E-state index contributed by atoms with van der Waals surface area (Å²) in [4.78, 5) is 0. The summed E-state index contributed by atoms with van der Waals surface area (Å²) < 4.78 is 0. The summed E-state index contributed by atoms with van der Waals surface area (Å²) in [5.74, 6) is 0. The molecule has 1 atom stereocenters. The average molecular weight is 529 g/mol.